The van der Waals surface area contributed by atoms with E-state index in [1.807, 2.05) is 11.9 Å². The first-order chi connectivity index (χ1) is 7.88. The average molecular weight is 237 g/mol. The number of hydrogen-bond donors (Lipinski definition) is 1. The summed E-state index contributed by atoms with van der Waals surface area (Å²) in [5.74, 6) is 0.753. The van der Waals surface area contributed by atoms with Gasteiger partial charge in [0.25, 0.3) is 0 Å². The number of nitrogens with two attached hydrogens (primary N) is 1. The Kier molecular flexibility index (Phi) is 4.53. The van der Waals surface area contributed by atoms with Gasteiger partial charge in [-0.05, 0) is 31.6 Å². The fourth-order valence-electron chi connectivity index (χ4n) is 2.44. The molecule has 0 spiro atoms. The highest BCUT2D eigenvalue weighted by Gasteiger charge is 2.35. The molecule has 4 heteroatoms. The quantitative estimate of drug-likeness (QED) is 0.809. The van der Waals surface area contributed by atoms with Crippen LogP contribution in [0.5, 0.6) is 0 Å². The summed E-state index contributed by atoms with van der Waals surface area (Å²) in [7, 11) is 1.86. The van der Waals surface area contributed by atoms with Gasteiger partial charge in [0.1, 0.15) is 5.54 Å². The molecule has 2 N–H and O–H groups in total. The Morgan fingerprint density at radius 2 is 2.06 bits per heavy atom. The lowest BCUT2D eigenvalue weighted by Gasteiger charge is -2.33. The SMILES string of the molecule is CC(C)CN(C)C(=O)C1CCC(N)(C#N)CC1. The molecule has 0 unspecified atom stereocenters. The van der Waals surface area contributed by atoms with E-state index in [2.05, 4.69) is 19.9 Å². The highest BCUT2D eigenvalue weighted by molar-refractivity contribution is 5.78. The molecule has 1 aliphatic carbocycles. The van der Waals surface area contributed by atoms with Crippen LogP contribution in [-0.2, 0) is 4.79 Å². The van der Waals surface area contributed by atoms with Crippen molar-refractivity contribution in [3.63, 3.8) is 0 Å². The van der Waals surface area contributed by atoms with Gasteiger partial charge in [0, 0.05) is 19.5 Å². The Labute approximate surface area is 104 Å². The number of carbonyl (C=O) groups is 1. The van der Waals surface area contributed by atoms with Gasteiger partial charge in [0.2, 0.25) is 5.91 Å². The molecule has 1 amide bonds. The number of carbonyl (C=O) groups excluding carboxylic acids is 1. The summed E-state index contributed by atoms with van der Waals surface area (Å²) in [6.07, 6.45) is 2.75. The van der Waals surface area contributed by atoms with Crippen LogP contribution >= 0.6 is 0 Å². The molecule has 17 heavy (non-hydrogen) atoms. The first kappa shape index (κ1) is 14.0. The van der Waals surface area contributed by atoms with Crippen LogP contribution < -0.4 is 5.73 Å². The molecule has 1 saturated carbocycles. The summed E-state index contributed by atoms with van der Waals surface area (Å²) in [6, 6.07) is 2.15. The Hall–Kier alpha value is -1.08. The third-order valence-electron chi connectivity index (χ3n) is 3.46. The number of nitrogens with zero attached hydrogens (tertiary/aromatic N) is 2. The maximum Gasteiger partial charge on any atom is 0.225 e. The van der Waals surface area contributed by atoms with Crippen LogP contribution in [0.3, 0.4) is 0 Å². The molecule has 1 fully saturated rings. The zero-order valence-corrected chi connectivity index (χ0v) is 11.1. The van der Waals surface area contributed by atoms with Gasteiger partial charge in [-0.2, -0.15) is 5.26 Å². The lowest BCUT2D eigenvalue weighted by Crippen LogP contribution is -2.45. The molecule has 0 aromatic heterocycles. The zero-order valence-electron chi connectivity index (χ0n) is 11.1. The van der Waals surface area contributed by atoms with E-state index >= 15 is 0 Å². The summed E-state index contributed by atoms with van der Waals surface area (Å²) in [4.78, 5) is 13.9. The Bertz CT molecular complexity index is 311. The predicted octanol–water partition coefficient (Wildman–Crippen LogP) is 1.51. The van der Waals surface area contributed by atoms with Crippen molar-refractivity contribution >= 4 is 5.91 Å². The van der Waals surface area contributed by atoms with Crippen molar-refractivity contribution in [1.29, 1.82) is 5.26 Å². The van der Waals surface area contributed by atoms with Crippen LogP contribution in [0.2, 0.25) is 0 Å². The van der Waals surface area contributed by atoms with E-state index in [9.17, 15) is 4.79 Å². The second-order valence-corrected chi connectivity index (χ2v) is 5.65. The Balaban J connectivity index is 2.49. The van der Waals surface area contributed by atoms with Gasteiger partial charge in [-0.3, -0.25) is 4.79 Å². The van der Waals surface area contributed by atoms with Crippen molar-refractivity contribution in [2.24, 2.45) is 17.6 Å². The van der Waals surface area contributed by atoms with Crippen LogP contribution in [0, 0.1) is 23.2 Å². The second-order valence-electron chi connectivity index (χ2n) is 5.65. The first-order valence-electron chi connectivity index (χ1n) is 6.33. The maximum atomic E-state index is 12.1. The lowest BCUT2D eigenvalue weighted by atomic mass is 9.77. The highest BCUT2D eigenvalue weighted by Crippen LogP contribution is 2.31. The standard InChI is InChI=1S/C13H23N3O/c1-10(2)8-16(3)12(17)11-4-6-13(15,9-14)7-5-11/h10-11H,4-8,15H2,1-3H3. The van der Waals surface area contributed by atoms with Gasteiger partial charge in [0.15, 0.2) is 0 Å². The summed E-state index contributed by atoms with van der Waals surface area (Å²) in [5.41, 5.74) is 5.19. The van der Waals surface area contributed by atoms with Crippen molar-refractivity contribution in [2.45, 2.75) is 45.1 Å². The van der Waals surface area contributed by atoms with Crippen LogP contribution in [-0.4, -0.2) is 29.9 Å². The van der Waals surface area contributed by atoms with Gasteiger partial charge >= 0.3 is 0 Å². The highest BCUT2D eigenvalue weighted by atomic mass is 16.2. The van der Waals surface area contributed by atoms with E-state index in [0.717, 1.165) is 19.4 Å². The van der Waals surface area contributed by atoms with Crippen LogP contribution in [0.4, 0.5) is 0 Å². The molecule has 4 nitrogen and oxygen atoms in total. The third kappa shape index (κ3) is 3.71. The van der Waals surface area contributed by atoms with E-state index in [-0.39, 0.29) is 11.8 Å². The van der Waals surface area contributed by atoms with Crippen molar-refractivity contribution in [1.82, 2.24) is 4.90 Å². The van der Waals surface area contributed by atoms with Crippen molar-refractivity contribution in [2.75, 3.05) is 13.6 Å². The molecule has 1 rings (SSSR count). The minimum absolute atomic E-state index is 0.0591. The Morgan fingerprint density at radius 1 is 1.53 bits per heavy atom. The molecule has 0 saturated heterocycles. The first-order valence-corrected chi connectivity index (χ1v) is 6.33. The average Bonchev–Trinajstić information content (AvgIpc) is 2.28. The summed E-state index contributed by atoms with van der Waals surface area (Å²) in [6.45, 7) is 5.00. The number of amides is 1. The molecular weight excluding hydrogens is 214 g/mol. The molecule has 0 bridgehead atoms. The van der Waals surface area contributed by atoms with E-state index in [1.165, 1.54) is 0 Å². The van der Waals surface area contributed by atoms with E-state index < -0.39 is 5.54 Å². The Morgan fingerprint density at radius 3 is 2.47 bits per heavy atom. The number of rotatable bonds is 3. The molecule has 0 atom stereocenters. The van der Waals surface area contributed by atoms with Crippen molar-refractivity contribution < 1.29 is 4.79 Å². The summed E-state index contributed by atoms with van der Waals surface area (Å²) >= 11 is 0. The van der Waals surface area contributed by atoms with E-state index in [1.54, 1.807) is 0 Å². The van der Waals surface area contributed by atoms with E-state index in [0.29, 0.717) is 18.8 Å². The van der Waals surface area contributed by atoms with E-state index in [4.69, 9.17) is 11.0 Å². The minimum atomic E-state index is -0.701. The van der Waals surface area contributed by atoms with Gasteiger partial charge in [-0.25, -0.2) is 0 Å². The molecule has 0 heterocycles. The topological polar surface area (TPSA) is 70.1 Å². The molecular formula is C13H23N3O. The van der Waals surface area contributed by atoms with Crippen LogP contribution in [0.25, 0.3) is 0 Å². The fourth-order valence-corrected chi connectivity index (χ4v) is 2.44. The second kappa shape index (κ2) is 5.50. The molecule has 0 aliphatic heterocycles. The van der Waals surface area contributed by atoms with Gasteiger partial charge in [-0.1, -0.05) is 13.8 Å². The number of nitriles is 1. The summed E-state index contributed by atoms with van der Waals surface area (Å²) < 4.78 is 0. The molecule has 0 aromatic carbocycles. The van der Waals surface area contributed by atoms with Gasteiger partial charge in [-0.15, -0.1) is 0 Å². The van der Waals surface area contributed by atoms with Gasteiger partial charge < -0.3 is 10.6 Å². The fraction of sp³-hybridized carbons (Fsp3) is 0.846. The zero-order chi connectivity index (χ0) is 13.1. The predicted molar refractivity (Wildman–Crippen MR) is 67.0 cm³/mol. The van der Waals surface area contributed by atoms with Crippen molar-refractivity contribution in [3.05, 3.63) is 0 Å². The summed E-state index contributed by atoms with van der Waals surface area (Å²) in [5, 5.41) is 8.93. The largest absolute Gasteiger partial charge is 0.345 e. The monoisotopic (exact) mass is 237 g/mol. The molecule has 0 aromatic rings. The molecule has 1 aliphatic rings. The minimum Gasteiger partial charge on any atom is -0.345 e. The number of hydrogen-bond acceptors (Lipinski definition) is 3. The maximum absolute atomic E-state index is 12.1. The molecule has 96 valence electrons. The van der Waals surface area contributed by atoms with Crippen molar-refractivity contribution in [3.8, 4) is 6.07 Å². The third-order valence-corrected chi connectivity index (χ3v) is 3.46. The molecule has 0 radical (unpaired) electrons. The van der Waals surface area contributed by atoms with Crippen LogP contribution in [0.1, 0.15) is 39.5 Å². The lowest BCUT2D eigenvalue weighted by molar-refractivity contribution is -0.135. The van der Waals surface area contributed by atoms with Gasteiger partial charge in [0.05, 0.1) is 6.07 Å². The van der Waals surface area contributed by atoms with Crippen LogP contribution in [0.15, 0.2) is 0 Å². The normalized spacial score (nSPS) is 28.8. The smallest absolute Gasteiger partial charge is 0.225 e.